The van der Waals surface area contributed by atoms with Crippen molar-refractivity contribution in [2.75, 3.05) is 0 Å². The van der Waals surface area contributed by atoms with Crippen LogP contribution < -0.4 is 0 Å². The van der Waals surface area contributed by atoms with Gasteiger partial charge in [0.25, 0.3) is 0 Å². The lowest BCUT2D eigenvalue weighted by atomic mass is 9.94. The number of hydrogen-bond acceptors (Lipinski definition) is 1. The Labute approximate surface area is 79.8 Å². The van der Waals surface area contributed by atoms with Crippen LogP contribution >= 0.6 is 0 Å². The molecular weight excluding hydrogens is 160 g/mol. The molecule has 0 spiro atoms. The SMILES string of the molecule is CC(=O)c1cc(C)ccc1C(C)C. The van der Waals surface area contributed by atoms with E-state index in [2.05, 4.69) is 26.0 Å². The second kappa shape index (κ2) is 3.73. The molecule has 0 atom stereocenters. The number of Topliss-reactive ketones (excluding diaryl/α,β-unsaturated/α-hetero) is 1. The van der Waals surface area contributed by atoms with Crippen LogP contribution in [0.4, 0.5) is 0 Å². The standard InChI is InChI=1S/C12H16O/c1-8(2)11-6-5-9(3)7-12(11)10(4)13/h5-8H,1-4H3. The zero-order valence-electron chi connectivity index (χ0n) is 8.72. The molecule has 0 amide bonds. The van der Waals surface area contributed by atoms with Crippen LogP contribution in [0.3, 0.4) is 0 Å². The van der Waals surface area contributed by atoms with Gasteiger partial charge in [-0.1, -0.05) is 31.5 Å². The van der Waals surface area contributed by atoms with Crippen LogP contribution in [-0.4, -0.2) is 5.78 Å². The van der Waals surface area contributed by atoms with Gasteiger partial charge in [0.15, 0.2) is 5.78 Å². The van der Waals surface area contributed by atoms with Crippen molar-refractivity contribution in [1.29, 1.82) is 0 Å². The van der Waals surface area contributed by atoms with Gasteiger partial charge < -0.3 is 0 Å². The molecule has 0 aliphatic carbocycles. The van der Waals surface area contributed by atoms with Crippen molar-refractivity contribution in [1.82, 2.24) is 0 Å². The number of carbonyl (C=O) groups is 1. The van der Waals surface area contributed by atoms with E-state index in [1.54, 1.807) is 6.92 Å². The van der Waals surface area contributed by atoms with Gasteiger partial charge in [-0.2, -0.15) is 0 Å². The first-order valence-electron chi connectivity index (χ1n) is 4.64. The van der Waals surface area contributed by atoms with Gasteiger partial charge >= 0.3 is 0 Å². The Hall–Kier alpha value is -1.11. The van der Waals surface area contributed by atoms with E-state index in [1.807, 2.05) is 13.0 Å². The summed E-state index contributed by atoms with van der Waals surface area (Å²) in [5.41, 5.74) is 3.17. The first-order valence-corrected chi connectivity index (χ1v) is 4.64. The van der Waals surface area contributed by atoms with Crippen molar-refractivity contribution < 1.29 is 4.79 Å². The minimum atomic E-state index is 0.160. The largest absolute Gasteiger partial charge is 0.295 e. The van der Waals surface area contributed by atoms with E-state index in [4.69, 9.17) is 0 Å². The third kappa shape index (κ3) is 2.18. The summed E-state index contributed by atoms with van der Waals surface area (Å²) in [6, 6.07) is 6.08. The summed E-state index contributed by atoms with van der Waals surface area (Å²) in [4.78, 5) is 11.3. The van der Waals surface area contributed by atoms with Gasteiger partial charge in [-0.15, -0.1) is 0 Å². The minimum absolute atomic E-state index is 0.160. The fourth-order valence-corrected chi connectivity index (χ4v) is 1.48. The Morgan fingerprint density at radius 3 is 2.38 bits per heavy atom. The summed E-state index contributed by atoms with van der Waals surface area (Å²) in [7, 11) is 0. The lowest BCUT2D eigenvalue weighted by Crippen LogP contribution is -2.01. The normalized spacial score (nSPS) is 10.5. The molecule has 0 heterocycles. The molecule has 0 bridgehead atoms. The highest BCUT2D eigenvalue weighted by Crippen LogP contribution is 2.20. The van der Waals surface area contributed by atoms with Crippen molar-refractivity contribution >= 4 is 5.78 Å². The molecule has 0 fully saturated rings. The smallest absolute Gasteiger partial charge is 0.160 e. The monoisotopic (exact) mass is 176 g/mol. The van der Waals surface area contributed by atoms with Gasteiger partial charge in [0.05, 0.1) is 0 Å². The molecule has 0 saturated carbocycles. The molecule has 1 rings (SSSR count). The Morgan fingerprint density at radius 1 is 1.31 bits per heavy atom. The molecule has 0 aromatic heterocycles. The lowest BCUT2D eigenvalue weighted by molar-refractivity contribution is 0.101. The number of rotatable bonds is 2. The molecule has 13 heavy (non-hydrogen) atoms. The molecule has 1 nitrogen and oxygen atoms in total. The first kappa shape index (κ1) is 9.97. The Bertz CT molecular complexity index is 324. The summed E-state index contributed by atoms with van der Waals surface area (Å²) >= 11 is 0. The van der Waals surface area contributed by atoms with Gasteiger partial charge in [-0.05, 0) is 31.4 Å². The number of aryl methyl sites for hydroxylation is 1. The molecule has 0 N–H and O–H groups in total. The highest BCUT2D eigenvalue weighted by Gasteiger charge is 2.09. The van der Waals surface area contributed by atoms with Crippen LogP contribution in [0.5, 0.6) is 0 Å². The fourth-order valence-electron chi connectivity index (χ4n) is 1.48. The molecule has 1 aromatic rings. The van der Waals surface area contributed by atoms with Crippen molar-refractivity contribution in [3.05, 3.63) is 34.9 Å². The third-order valence-corrected chi connectivity index (χ3v) is 2.21. The maximum Gasteiger partial charge on any atom is 0.160 e. The summed E-state index contributed by atoms with van der Waals surface area (Å²) in [6.07, 6.45) is 0. The fraction of sp³-hybridized carbons (Fsp3) is 0.417. The average Bonchev–Trinajstić information content (AvgIpc) is 2.03. The maximum absolute atomic E-state index is 11.3. The van der Waals surface area contributed by atoms with Crippen LogP contribution in [0, 0.1) is 6.92 Å². The molecule has 0 aliphatic heterocycles. The summed E-state index contributed by atoms with van der Waals surface area (Å²) in [6.45, 7) is 7.85. The van der Waals surface area contributed by atoms with Gasteiger partial charge in [-0.25, -0.2) is 0 Å². The van der Waals surface area contributed by atoms with Crippen molar-refractivity contribution in [2.24, 2.45) is 0 Å². The summed E-state index contributed by atoms with van der Waals surface area (Å²) in [5.74, 6) is 0.576. The third-order valence-electron chi connectivity index (χ3n) is 2.21. The van der Waals surface area contributed by atoms with Crippen molar-refractivity contribution in [3.8, 4) is 0 Å². The predicted octanol–water partition coefficient (Wildman–Crippen LogP) is 3.32. The Balaban J connectivity index is 3.27. The number of benzene rings is 1. The van der Waals surface area contributed by atoms with Crippen LogP contribution in [0.15, 0.2) is 18.2 Å². The summed E-state index contributed by atoms with van der Waals surface area (Å²) in [5, 5.41) is 0. The minimum Gasteiger partial charge on any atom is -0.295 e. The highest BCUT2D eigenvalue weighted by atomic mass is 16.1. The van der Waals surface area contributed by atoms with Gasteiger partial charge in [-0.3, -0.25) is 4.79 Å². The van der Waals surface area contributed by atoms with Crippen molar-refractivity contribution in [2.45, 2.75) is 33.6 Å². The topological polar surface area (TPSA) is 17.1 Å². The molecule has 0 saturated heterocycles. The number of carbonyl (C=O) groups excluding carboxylic acids is 1. The number of ketones is 1. The van der Waals surface area contributed by atoms with E-state index in [-0.39, 0.29) is 5.78 Å². The summed E-state index contributed by atoms with van der Waals surface area (Å²) < 4.78 is 0. The van der Waals surface area contributed by atoms with Gasteiger partial charge in [0.1, 0.15) is 0 Å². The van der Waals surface area contributed by atoms with Crippen LogP contribution in [0.1, 0.15) is 48.2 Å². The van der Waals surface area contributed by atoms with Crippen LogP contribution in [0.25, 0.3) is 0 Å². The zero-order chi connectivity index (χ0) is 10.0. The molecule has 0 radical (unpaired) electrons. The first-order chi connectivity index (χ1) is 6.02. The van der Waals surface area contributed by atoms with E-state index in [1.165, 1.54) is 0 Å². The Kier molecular flexibility index (Phi) is 2.86. The molecule has 1 heteroatoms. The molecule has 0 unspecified atom stereocenters. The molecule has 70 valence electrons. The van der Waals surface area contributed by atoms with E-state index >= 15 is 0 Å². The second-order valence-electron chi connectivity index (χ2n) is 3.80. The zero-order valence-corrected chi connectivity index (χ0v) is 8.72. The van der Waals surface area contributed by atoms with E-state index in [9.17, 15) is 4.79 Å². The van der Waals surface area contributed by atoms with E-state index in [0.717, 1.165) is 16.7 Å². The molecular formula is C12H16O. The highest BCUT2D eigenvalue weighted by molar-refractivity contribution is 5.95. The van der Waals surface area contributed by atoms with E-state index < -0.39 is 0 Å². The maximum atomic E-state index is 11.3. The number of hydrogen-bond donors (Lipinski definition) is 0. The lowest BCUT2D eigenvalue weighted by Gasteiger charge is -2.10. The van der Waals surface area contributed by atoms with Gasteiger partial charge in [0, 0.05) is 5.56 Å². The molecule has 1 aromatic carbocycles. The van der Waals surface area contributed by atoms with Crippen LogP contribution in [-0.2, 0) is 0 Å². The van der Waals surface area contributed by atoms with E-state index in [0.29, 0.717) is 5.92 Å². The van der Waals surface area contributed by atoms with Gasteiger partial charge in [0.2, 0.25) is 0 Å². The second-order valence-corrected chi connectivity index (χ2v) is 3.80. The predicted molar refractivity (Wildman–Crippen MR) is 55.3 cm³/mol. The Morgan fingerprint density at radius 2 is 1.92 bits per heavy atom. The van der Waals surface area contributed by atoms with Crippen molar-refractivity contribution in [3.63, 3.8) is 0 Å². The average molecular weight is 176 g/mol. The quantitative estimate of drug-likeness (QED) is 0.632. The molecule has 0 aliphatic rings. The van der Waals surface area contributed by atoms with Crippen LogP contribution in [0.2, 0.25) is 0 Å².